The Hall–Kier alpha value is -0.520. The normalized spacial score (nSPS) is 40.6. The predicted octanol–water partition coefficient (Wildman–Crippen LogP) is 6.55. The third kappa shape index (κ3) is 5.77. The molecule has 0 aliphatic heterocycles. The van der Waals surface area contributed by atoms with E-state index < -0.39 is 32.5 Å². The highest BCUT2D eigenvalue weighted by atomic mass is 32.3. The lowest BCUT2D eigenvalue weighted by molar-refractivity contribution is -0.0885. The molecule has 0 radical (unpaired) electrons. The van der Waals surface area contributed by atoms with Crippen LogP contribution in [0.2, 0.25) is 0 Å². The van der Waals surface area contributed by atoms with Gasteiger partial charge in [-0.25, -0.2) is 8.37 Å². The van der Waals surface area contributed by atoms with Crippen molar-refractivity contribution in [1.82, 2.24) is 0 Å². The molecule has 0 amide bonds. The highest BCUT2D eigenvalue weighted by Crippen LogP contribution is 2.71. The van der Waals surface area contributed by atoms with E-state index in [1.54, 1.807) is 13.8 Å². The summed E-state index contributed by atoms with van der Waals surface area (Å²) in [7, 11) is -8.91. The SMILES string of the molecule is C[C@@H](CCCC(C)(C)OS(=O)(=O)O)[C@@]1(C)CC[C@H]2[C@@H]3CC=C4C[C@@H](OS(=O)(=O)O)CC[C@]4(C)[C@H]3CC[C@@]21C. The maximum Gasteiger partial charge on any atom is 0.397 e. The molecule has 0 spiro atoms. The highest BCUT2D eigenvalue weighted by molar-refractivity contribution is 7.81. The summed E-state index contributed by atoms with van der Waals surface area (Å²) in [4.78, 5) is 0. The Kier molecular flexibility index (Phi) is 8.08. The molecule has 4 aliphatic rings. The number of allylic oxidation sites excluding steroid dienone is 1. The standard InChI is InChI=1S/C28H48O8S2/c1-19(8-7-14-25(2,3)36-38(32,33)34)27(5)16-13-24-22-10-9-20-18-21(35-37(29,30)31)11-15-26(20,4)23(22)12-17-28(24,27)6/h9,19,21-24H,7-8,10-18H2,1-6H3,(H,29,30,31)(H,32,33,34)/t19-,21-,22+,23-,24-,26-,27+,28-/m0/s1. The molecular weight excluding hydrogens is 528 g/mol. The smallest absolute Gasteiger partial charge is 0.264 e. The first-order valence-corrected chi connectivity index (χ1v) is 17.1. The minimum atomic E-state index is -4.47. The van der Waals surface area contributed by atoms with Gasteiger partial charge in [0.2, 0.25) is 0 Å². The lowest BCUT2D eigenvalue weighted by Gasteiger charge is -2.60. The van der Waals surface area contributed by atoms with Gasteiger partial charge in [-0.3, -0.25) is 9.11 Å². The van der Waals surface area contributed by atoms with Crippen molar-refractivity contribution < 1.29 is 34.3 Å². The van der Waals surface area contributed by atoms with Crippen LogP contribution in [0.1, 0.15) is 112 Å². The lowest BCUT2D eigenvalue weighted by Crippen LogP contribution is -2.53. The third-order valence-corrected chi connectivity index (χ3v) is 13.0. The average molecular weight is 577 g/mol. The fourth-order valence-corrected chi connectivity index (χ4v) is 10.6. The first-order chi connectivity index (χ1) is 17.3. The molecule has 3 saturated carbocycles. The van der Waals surface area contributed by atoms with E-state index in [-0.39, 0.29) is 16.2 Å². The van der Waals surface area contributed by atoms with Crippen LogP contribution in [0.3, 0.4) is 0 Å². The van der Waals surface area contributed by atoms with Crippen molar-refractivity contribution in [1.29, 1.82) is 0 Å². The second kappa shape index (κ2) is 10.1. The minimum absolute atomic E-state index is 0.0621. The molecule has 10 heteroatoms. The van der Waals surface area contributed by atoms with Gasteiger partial charge in [0.25, 0.3) is 0 Å². The van der Waals surface area contributed by atoms with E-state index in [4.69, 9.17) is 12.9 Å². The molecule has 2 N–H and O–H groups in total. The molecule has 38 heavy (non-hydrogen) atoms. The first kappa shape index (κ1) is 30.4. The number of fused-ring (bicyclic) bond motifs is 5. The molecule has 0 aromatic heterocycles. The van der Waals surface area contributed by atoms with Gasteiger partial charge in [-0.1, -0.05) is 52.2 Å². The van der Waals surface area contributed by atoms with Gasteiger partial charge in [0.05, 0.1) is 11.7 Å². The Morgan fingerprint density at radius 3 is 2.29 bits per heavy atom. The van der Waals surface area contributed by atoms with Crippen LogP contribution in [-0.4, -0.2) is 37.6 Å². The largest absolute Gasteiger partial charge is 0.397 e. The van der Waals surface area contributed by atoms with E-state index >= 15 is 0 Å². The Bertz CT molecular complexity index is 1150. The Morgan fingerprint density at radius 2 is 1.66 bits per heavy atom. The van der Waals surface area contributed by atoms with Crippen molar-refractivity contribution in [3.8, 4) is 0 Å². The fraction of sp³-hybridized carbons (Fsp3) is 0.929. The van der Waals surface area contributed by atoms with Crippen LogP contribution in [0.25, 0.3) is 0 Å². The summed E-state index contributed by atoms with van der Waals surface area (Å²) in [5, 5.41) is 0. The monoisotopic (exact) mass is 576 g/mol. The maximum atomic E-state index is 11.3. The van der Waals surface area contributed by atoms with Crippen molar-refractivity contribution in [2.45, 2.75) is 124 Å². The van der Waals surface area contributed by atoms with E-state index in [2.05, 4.69) is 33.8 Å². The summed E-state index contributed by atoms with van der Waals surface area (Å²) in [5.74, 6) is 2.34. The van der Waals surface area contributed by atoms with Crippen LogP contribution in [0.4, 0.5) is 0 Å². The van der Waals surface area contributed by atoms with Gasteiger partial charge in [0.15, 0.2) is 0 Å². The lowest BCUT2D eigenvalue weighted by atomic mass is 9.44. The van der Waals surface area contributed by atoms with Crippen molar-refractivity contribution in [2.24, 2.45) is 39.9 Å². The molecule has 220 valence electrons. The van der Waals surface area contributed by atoms with Gasteiger partial charge >= 0.3 is 20.8 Å². The van der Waals surface area contributed by atoms with Crippen LogP contribution in [0.5, 0.6) is 0 Å². The third-order valence-electron chi connectivity index (χ3n) is 11.8. The maximum absolute atomic E-state index is 11.3. The zero-order valence-corrected chi connectivity index (χ0v) is 25.5. The van der Waals surface area contributed by atoms with Crippen LogP contribution in [0, 0.1) is 39.9 Å². The summed E-state index contributed by atoms with van der Waals surface area (Å²) in [6.07, 6.45) is 12.2. The van der Waals surface area contributed by atoms with Gasteiger partial charge in [0, 0.05) is 0 Å². The zero-order valence-electron chi connectivity index (χ0n) is 23.9. The molecule has 0 saturated heterocycles. The summed E-state index contributed by atoms with van der Waals surface area (Å²) in [5.41, 5.74) is 0.878. The Morgan fingerprint density at radius 1 is 1.00 bits per heavy atom. The van der Waals surface area contributed by atoms with E-state index in [1.807, 2.05) is 0 Å². The van der Waals surface area contributed by atoms with E-state index in [1.165, 1.54) is 31.3 Å². The molecule has 8 nitrogen and oxygen atoms in total. The fourth-order valence-electron chi connectivity index (χ4n) is 9.47. The van der Waals surface area contributed by atoms with Gasteiger partial charge < -0.3 is 0 Å². The summed E-state index contributed by atoms with van der Waals surface area (Å²) in [6, 6.07) is 0. The van der Waals surface area contributed by atoms with Crippen LogP contribution < -0.4 is 0 Å². The zero-order chi connectivity index (χ0) is 28.4. The molecule has 0 aromatic rings. The van der Waals surface area contributed by atoms with Crippen molar-refractivity contribution in [3.05, 3.63) is 11.6 Å². The van der Waals surface area contributed by atoms with Crippen molar-refractivity contribution in [2.75, 3.05) is 0 Å². The molecule has 8 atom stereocenters. The van der Waals surface area contributed by atoms with E-state index in [0.29, 0.717) is 42.9 Å². The molecule has 3 fully saturated rings. The summed E-state index contributed by atoms with van der Waals surface area (Å²) in [6.45, 7) is 13.1. The van der Waals surface area contributed by atoms with Gasteiger partial charge in [-0.15, -0.1) is 0 Å². The number of hydrogen-bond donors (Lipinski definition) is 2. The second-order valence-corrected chi connectivity index (χ2v) is 16.2. The average Bonchev–Trinajstić information content (AvgIpc) is 3.03. The second-order valence-electron chi connectivity index (χ2n) is 14.1. The topological polar surface area (TPSA) is 127 Å². The molecular formula is C28H48O8S2. The molecule has 4 rings (SSSR count). The molecule has 0 aromatic carbocycles. The summed E-state index contributed by atoms with van der Waals surface area (Å²) < 4.78 is 73.1. The Balaban J connectivity index is 1.45. The molecule has 0 unspecified atom stereocenters. The van der Waals surface area contributed by atoms with Crippen LogP contribution in [-0.2, 0) is 29.2 Å². The Labute approximate surface area is 230 Å². The van der Waals surface area contributed by atoms with Crippen LogP contribution in [0.15, 0.2) is 11.6 Å². The molecule has 0 bridgehead atoms. The van der Waals surface area contributed by atoms with Gasteiger partial charge in [0.1, 0.15) is 0 Å². The van der Waals surface area contributed by atoms with Gasteiger partial charge in [-0.2, -0.15) is 16.8 Å². The van der Waals surface area contributed by atoms with E-state index in [9.17, 15) is 21.4 Å². The van der Waals surface area contributed by atoms with Crippen molar-refractivity contribution >= 4 is 20.8 Å². The highest BCUT2D eigenvalue weighted by Gasteiger charge is 2.63. The minimum Gasteiger partial charge on any atom is -0.264 e. The number of hydrogen-bond acceptors (Lipinski definition) is 6. The van der Waals surface area contributed by atoms with Crippen LogP contribution >= 0.6 is 0 Å². The van der Waals surface area contributed by atoms with Gasteiger partial charge in [-0.05, 0) is 112 Å². The van der Waals surface area contributed by atoms with E-state index in [0.717, 1.165) is 25.7 Å². The number of rotatable bonds is 9. The molecule has 0 heterocycles. The summed E-state index contributed by atoms with van der Waals surface area (Å²) >= 11 is 0. The quantitative estimate of drug-likeness (QED) is 0.234. The predicted molar refractivity (Wildman–Crippen MR) is 146 cm³/mol. The first-order valence-electron chi connectivity index (χ1n) is 14.3. The van der Waals surface area contributed by atoms with Crippen molar-refractivity contribution in [3.63, 3.8) is 0 Å². The molecule has 4 aliphatic carbocycles.